The lowest BCUT2D eigenvalue weighted by Crippen LogP contribution is -2.27. The van der Waals surface area contributed by atoms with Crippen LogP contribution in [0.4, 0.5) is 0 Å². The number of esters is 1. The van der Waals surface area contributed by atoms with Crippen molar-refractivity contribution in [2.75, 3.05) is 6.54 Å². The maximum atomic E-state index is 12.1. The summed E-state index contributed by atoms with van der Waals surface area (Å²) in [6.07, 6.45) is 0.475. The summed E-state index contributed by atoms with van der Waals surface area (Å²) in [4.78, 5) is 23.8. The first-order chi connectivity index (χ1) is 11.1. The minimum atomic E-state index is -0.474. The minimum absolute atomic E-state index is 0.104. The van der Waals surface area contributed by atoms with E-state index in [1.165, 1.54) is 11.1 Å². The predicted molar refractivity (Wildman–Crippen MR) is 87.1 cm³/mol. The highest BCUT2D eigenvalue weighted by atomic mass is 16.5. The van der Waals surface area contributed by atoms with E-state index in [1.54, 1.807) is 12.1 Å². The molecular weight excluding hydrogens is 290 g/mol. The van der Waals surface area contributed by atoms with Crippen LogP contribution in [0.15, 0.2) is 48.5 Å². The number of ether oxygens (including phenoxy) is 1. The highest BCUT2D eigenvalue weighted by Gasteiger charge is 2.31. The molecule has 0 saturated heterocycles. The molecule has 1 aliphatic rings. The lowest BCUT2D eigenvalue weighted by Gasteiger charge is -2.11. The second kappa shape index (κ2) is 6.65. The third-order valence-electron chi connectivity index (χ3n) is 3.97. The van der Waals surface area contributed by atoms with Crippen molar-refractivity contribution in [3.8, 4) is 0 Å². The maximum Gasteiger partial charge on any atom is 0.339 e. The Morgan fingerprint density at radius 1 is 1.17 bits per heavy atom. The quantitative estimate of drug-likeness (QED) is 0.864. The highest BCUT2D eigenvalue weighted by molar-refractivity contribution is 5.94. The maximum absolute atomic E-state index is 12.1. The molecule has 1 heterocycles. The van der Waals surface area contributed by atoms with Gasteiger partial charge in [-0.15, -0.1) is 0 Å². The molecular formula is C19H19NO3. The molecule has 0 aliphatic carbocycles. The molecule has 2 aromatic rings. The van der Waals surface area contributed by atoms with Gasteiger partial charge in [-0.25, -0.2) is 4.79 Å². The molecule has 118 valence electrons. The van der Waals surface area contributed by atoms with E-state index in [-0.39, 0.29) is 18.3 Å². The predicted octanol–water partition coefficient (Wildman–Crippen LogP) is 2.96. The number of cyclic esters (lactones) is 1. The van der Waals surface area contributed by atoms with Crippen LogP contribution < -0.4 is 5.32 Å². The number of carbonyl (C=O) groups is 2. The summed E-state index contributed by atoms with van der Waals surface area (Å²) < 4.78 is 5.28. The fourth-order valence-electron chi connectivity index (χ4n) is 2.83. The number of benzene rings is 2. The van der Waals surface area contributed by atoms with Crippen molar-refractivity contribution < 1.29 is 14.3 Å². The lowest BCUT2D eigenvalue weighted by atomic mass is 10.0. The molecule has 0 saturated carbocycles. The van der Waals surface area contributed by atoms with Crippen molar-refractivity contribution in [1.29, 1.82) is 0 Å². The number of aryl methyl sites for hydroxylation is 1. The standard InChI is InChI=1S/C19H19NO3/c1-13-5-4-6-14(11-13)9-10-20-18(21)12-17-15-7-2-3-8-16(15)19(22)23-17/h2-8,11,17H,9-10,12H2,1H3,(H,20,21). The molecule has 2 aromatic carbocycles. The summed E-state index contributed by atoms with van der Waals surface area (Å²) >= 11 is 0. The van der Waals surface area contributed by atoms with Crippen LogP contribution in [0.2, 0.25) is 0 Å². The fourth-order valence-corrected chi connectivity index (χ4v) is 2.83. The molecule has 1 unspecified atom stereocenters. The summed E-state index contributed by atoms with van der Waals surface area (Å²) in [5.74, 6) is -0.453. The molecule has 1 amide bonds. The van der Waals surface area contributed by atoms with Gasteiger partial charge in [0.05, 0.1) is 12.0 Å². The second-order valence-corrected chi connectivity index (χ2v) is 5.77. The van der Waals surface area contributed by atoms with E-state index in [4.69, 9.17) is 4.74 Å². The number of hydrogen-bond acceptors (Lipinski definition) is 3. The summed E-state index contributed by atoms with van der Waals surface area (Å²) in [7, 11) is 0. The van der Waals surface area contributed by atoms with Gasteiger partial charge in [0, 0.05) is 12.1 Å². The molecule has 1 N–H and O–H groups in total. The monoisotopic (exact) mass is 309 g/mol. The van der Waals surface area contributed by atoms with Crippen LogP contribution in [0, 0.1) is 6.92 Å². The van der Waals surface area contributed by atoms with Crippen molar-refractivity contribution >= 4 is 11.9 Å². The molecule has 0 radical (unpaired) electrons. The Hall–Kier alpha value is -2.62. The van der Waals surface area contributed by atoms with E-state index < -0.39 is 6.10 Å². The van der Waals surface area contributed by atoms with E-state index in [9.17, 15) is 9.59 Å². The van der Waals surface area contributed by atoms with Crippen LogP contribution in [-0.4, -0.2) is 18.4 Å². The Bertz CT molecular complexity index is 739. The highest BCUT2D eigenvalue weighted by Crippen LogP contribution is 2.32. The van der Waals surface area contributed by atoms with E-state index in [0.717, 1.165) is 12.0 Å². The molecule has 0 aromatic heterocycles. The van der Waals surface area contributed by atoms with Gasteiger partial charge in [-0.1, -0.05) is 48.0 Å². The van der Waals surface area contributed by atoms with Crippen molar-refractivity contribution in [3.05, 3.63) is 70.8 Å². The second-order valence-electron chi connectivity index (χ2n) is 5.77. The molecule has 3 rings (SSSR count). The van der Waals surface area contributed by atoms with Gasteiger partial charge < -0.3 is 10.1 Å². The Labute approximate surface area is 135 Å². The summed E-state index contributed by atoms with van der Waals surface area (Å²) in [6.45, 7) is 2.62. The number of fused-ring (bicyclic) bond motifs is 1. The minimum Gasteiger partial charge on any atom is -0.453 e. The van der Waals surface area contributed by atoms with Gasteiger partial charge >= 0.3 is 5.97 Å². The topological polar surface area (TPSA) is 55.4 Å². The zero-order valence-electron chi connectivity index (χ0n) is 13.0. The van der Waals surface area contributed by atoms with Crippen LogP contribution in [-0.2, 0) is 16.0 Å². The smallest absolute Gasteiger partial charge is 0.339 e. The number of carbonyl (C=O) groups excluding carboxylic acids is 2. The largest absolute Gasteiger partial charge is 0.453 e. The van der Waals surface area contributed by atoms with Crippen molar-refractivity contribution in [2.45, 2.75) is 25.9 Å². The van der Waals surface area contributed by atoms with Gasteiger partial charge in [0.25, 0.3) is 0 Å². The lowest BCUT2D eigenvalue weighted by molar-refractivity contribution is -0.122. The zero-order valence-corrected chi connectivity index (χ0v) is 13.0. The molecule has 4 nitrogen and oxygen atoms in total. The normalized spacial score (nSPS) is 15.9. The molecule has 1 aliphatic heterocycles. The van der Waals surface area contributed by atoms with Crippen LogP contribution in [0.25, 0.3) is 0 Å². The molecule has 0 bridgehead atoms. The molecule has 23 heavy (non-hydrogen) atoms. The summed E-state index contributed by atoms with van der Waals surface area (Å²) in [5, 5.41) is 2.89. The number of hydrogen-bond donors (Lipinski definition) is 1. The zero-order chi connectivity index (χ0) is 16.2. The van der Waals surface area contributed by atoms with E-state index in [1.807, 2.05) is 37.3 Å². The number of nitrogens with one attached hydrogen (secondary N) is 1. The van der Waals surface area contributed by atoms with E-state index >= 15 is 0 Å². The SMILES string of the molecule is Cc1cccc(CCNC(=O)CC2OC(=O)c3ccccc32)c1. The Morgan fingerprint density at radius 3 is 2.83 bits per heavy atom. The van der Waals surface area contributed by atoms with Gasteiger partial charge in [-0.2, -0.15) is 0 Å². The van der Waals surface area contributed by atoms with Crippen LogP contribution in [0.3, 0.4) is 0 Å². The molecule has 4 heteroatoms. The van der Waals surface area contributed by atoms with Crippen LogP contribution >= 0.6 is 0 Å². The Morgan fingerprint density at radius 2 is 2.00 bits per heavy atom. The first kappa shape index (κ1) is 15.3. The Kier molecular flexibility index (Phi) is 4.42. The molecule has 0 spiro atoms. The number of amides is 1. The van der Waals surface area contributed by atoms with Crippen LogP contribution in [0.5, 0.6) is 0 Å². The third kappa shape index (κ3) is 3.59. The average Bonchev–Trinajstić information content (AvgIpc) is 2.84. The van der Waals surface area contributed by atoms with Gasteiger partial charge in [-0.3, -0.25) is 4.79 Å². The Balaban J connectivity index is 1.52. The molecule has 0 fully saturated rings. The van der Waals surface area contributed by atoms with Gasteiger partial charge in [0.2, 0.25) is 5.91 Å². The van der Waals surface area contributed by atoms with E-state index in [2.05, 4.69) is 11.4 Å². The summed E-state index contributed by atoms with van der Waals surface area (Å²) in [5.41, 5.74) is 3.77. The van der Waals surface area contributed by atoms with Gasteiger partial charge in [0.15, 0.2) is 0 Å². The van der Waals surface area contributed by atoms with Gasteiger partial charge in [-0.05, 0) is 25.0 Å². The fraction of sp³-hybridized carbons (Fsp3) is 0.263. The summed E-state index contributed by atoms with van der Waals surface area (Å²) in [6, 6.07) is 15.4. The van der Waals surface area contributed by atoms with Crippen molar-refractivity contribution in [2.24, 2.45) is 0 Å². The van der Waals surface area contributed by atoms with E-state index in [0.29, 0.717) is 12.1 Å². The third-order valence-corrected chi connectivity index (χ3v) is 3.97. The van der Waals surface area contributed by atoms with Crippen molar-refractivity contribution in [1.82, 2.24) is 5.32 Å². The average molecular weight is 309 g/mol. The van der Waals surface area contributed by atoms with Gasteiger partial charge in [0.1, 0.15) is 6.10 Å². The first-order valence-corrected chi connectivity index (χ1v) is 7.75. The molecule has 1 atom stereocenters. The number of rotatable bonds is 5. The van der Waals surface area contributed by atoms with Crippen LogP contribution in [0.1, 0.15) is 39.6 Å². The van der Waals surface area contributed by atoms with Crippen molar-refractivity contribution in [3.63, 3.8) is 0 Å². The first-order valence-electron chi connectivity index (χ1n) is 7.75.